The Balaban J connectivity index is 2.92. The summed E-state index contributed by atoms with van der Waals surface area (Å²) in [4.78, 5) is 17.7. The van der Waals surface area contributed by atoms with Gasteiger partial charge in [-0.25, -0.2) is 14.8 Å². The van der Waals surface area contributed by atoms with Crippen molar-refractivity contribution in [3.8, 4) is 11.8 Å². The van der Waals surface area contributed by atoms with Crippen LogP contribution in [0, 0.1) is 18.8 Å². The minimum atomic E-state index is -1.18. The highest BCUT2D eigenvalue weighted by molar-refractivity contribution is 5.86. The Kier molecular flexibility index (Phi) is 2.38. The molecule has 0 bridgehead atoms. The van der Waals surface area contributed by atoms with Crippen LogP contribution >= 0.6 is 0 Å². The van der Waals surface area contributed by atoms with E-state index in [1.807, 2.05) is 5.92 Å². The first-order valence-corrected chi connectivity index (χ1v) is 3.23. The van der Waals surface area contributed by atoms with Crippen LogP contribution in [0.5, 0.6) is 0 Å². The number of nitrogens with zero attached hydrogens (tertiary/aromatic N) is 2. The normalized spacial score (nSPS) is 8.42. The van der Waals surface area contributed by atoms with Gasteiger partial charge < -0.3 is 5.11 Å². The van der Waals surface area contributed by atoms with Crippen LogP contribution in [0.4, 0.5) is 0 Å². The van der Waals surface area contributed by atoms with Crippen LogP contribution in [0.3, 0.4) is 0 Å². The van der Waals surface area contributed by atoms with Gasteiger partial charge in [-0.2, -0.15) is 0 Å². The molecule has 0 saturated carbocycles. The first kappa shape index (κ1) is 8.21. The molecule has 0 atom stereocenters. The SMILES string of the molecule is Cc1ccnc(C#CC(=O)O)n1. The third-order valence-electron chi connectivity index (χ3n) is 1.08. The first-order valence-electron chi connectivity index (χ1n) is 3.23. The first-order chi connectivity index (χ1) is 5.68. The average Bonchev–Trinajstić information content (AvgIpc) is 2.01. The van der Waals surface area contributed by atoms with Gasteiger partial charge in [0.2, 0.25) is 5.82 Å². The summed E-state index contributed by atoms with van der Waals surface area (Å²) < 4.78 is 0. The van der Waals surface area contributed by atoms with Crippen molar-refractivity contribution in [1.29, 1.82) is 0 Å². The van der Waals surface area contributed by atoms with E-state index in [1.165, 1.54) is 6.20 Å². The van der Waals surface area contributed by atoms with E-state index in [0.717, 1.165) is 5.69 Å². The Hall–Kier alpha value is -1.89. The molecule has 0 aliphatic carbocycles. The minimum absolute atomic E-state index is 0.234. The molecule has 1 aromatic rings. The number of aryl methyl sites for hydroxylation is 1. The van der Waals surface area contributed by atoms with Gasteiger partial charge >= 0.3 is 5.97 Å². The Morgan fingerprint density at radius 3 is 3.00 bits per heavy atom. The van der Waals surface area contributed by atoms with Gasteiger partial charge in [0, 0.05) is 17.8 Å². The van der Waals surface area contributed by atoms with Crippen molar-refractivity contribution in [2.45, 2.75) is 6.92 Å². The molecule has 12 heavy (non-hydrogen) atoms. The fourth-order valence-electron chi connectivity index (χ4n) is 0.619. The molecular formula is C8H6N2O2. The summed E-state index contributed by atoms with van der Waals surface area (Å²) in [6, 6.07) is 1.71. The second-order valence-corrected chi connectivity index (χ2v) is 2.08. The molecule has 0 spiro atoms. The van der Waals surface area contributed by atoms with Gasteiger partial charge in [-0.3, -0.25) is 0 Å². The molecule has 0 radical (unpaired) electrons. The molecule has 1 rings (SSSR count). The highest BCUT2D eigenvalue weighted by Gasteiger charge is 1.90. The summed E-state index contributed by atoms with van der Waals surface area (Å²) >= 11 is 0. The number of hydrogen-bond donors (Lipinski definition) is 1. The molecule has 4 heteroatoms. The predicted octanol–water partition coefficient (Wildman–Crippen LogP) is 0.221. The van der Waals surface area contributed by atoms with Crippen LogP contribution in [-0.4, -0.2) is 21.0 Å². The summed E-state index contributed by atoms with van der Waals surface area (Å²) in [6.07, 6.45) is 1.54. The summed E-state index contributed by atoms with van der Waals surface area (Å²) in [5, 5.41) is 8.21. The zero-order valence-corrected chi connectivity index (χ0v) is 6.40. The number of hydrogen-bond acceptors (Lipinski definition) is 3. The molecule has 0 aliphatic rings. The second-order valence-electron chi connectivity index (χ2n) is 2.08. The third-order valence-corrected chi connectivity index (χ3v) is 1.08. The molecule has 0 saturated heterocycles. The number of rotatable bonds is 0. The maximum Gasteiger partial charge on any atom is 0.382 e. The van der Waals surface area contributed by atoms with Gasteiger partial charge in [0.1, 0.15) is 0 Å². The van der Waals surface area contributed by atoms with Crippen molar-refractivity contribution in [2.75, 3.05) is 0 Å². The molecule has 1 aromatic heterocycles. The van der Waals surface area contributed by atoms with Gasteiger partial charge in [-0.1, -0.05) is 0 Å². The quantitative estimate of drug-likeness (QED) is 0.554. The van der Waals surface area contributed by atoms with E-state index in [0.29, 0.717) is 0 Å². The van der Waals surface area contributed by atoms with E-state index >= 15 is 0 Å². The molecule has 0 aromatic carbocycles. The molecule has 0 aliphatic heterocycles. The maximum atomic E-state index is 10.0. The van der Waals surface area contributed by atoms with Crippen molar-refractivity contribution >= 4 is 5.97 Å². The standard InChI is InChI=1S/C8H6N2O2/c1-6-4-5-9-7(10-6)2-3-8(11)12/h4-5H,1H3,(H,11,12). The summed E-state index contributed by atoms with van der Waals surface area (Å²) in [6.45, 7) is 1.79. The van der Waals surface area contributed by atoms with Crippen LogP contribution in [0.15, 0.2) is 12.3 Å². The van der Waals surface area contributed by atoms with Crippen molar-refractivity contribution in [1.82, 2.24) is 9.97 Å². The van der Waals surface area contributed by atoms with Crippen molar-refractivity contribution < 1.29 is 9.90 Å². The number of aromatic nitrogens is 2. The Morgan fingerprint density at radius 1 is 1.67 bits per heavy atom. The predicted molar refractivity (Wildman–Crippen MR) is 41.3 cm³/mol. The van der Waals surface area contributed by atoms with E-state index in [-0.39, 0.29) is 5.82 Å². The van der Waals surface area contributed by atoms with E-state index in [1.54, 1.807) is 13.0 Å². The fraction of sp³-hybridized carbons (Fsp3) is 0.125. The lowest BCUT2D eigenvalue weighted by atomic mass is 10.4. The van der Waals surface area contributed by atoms with Crippen LogP contribution in [0.25, 0.3) is 0 Å². The Morgan fingerprint density at radius 2 is 2.42 bits per heavy atom. The fourth-order valence-corrected chi connectivity index (χ4v) is 0.619. The topological polar surface area (TPSA) is 63.1 Å². The van der Waals surface area contributed by atoms with E-state index in [2.05, 4.69) is 15.9 Å². The number of carboxylic acids is 1. The highest BCUT2D eigenvalue weighted by Crippen LogP contribution is 1.90. The number of carboxylic acid groups (broad SMARTS) is 1. The zero-order chi connectivity index (χ0) is 8.97. The number of carbonyl (C=O) groups is 1. The van der Waals surface area contributed by atoms with E-state index < -0.39 is 5.97 Å². The van der Waals surface area contributed by atoms with E-state index in [9.17, 15) is 4.79 Å². The largest absolute Gasteiger partial charge is 0.472 e. The molecular weight excluding hydrogens is 156 g/mol. The van der Waals surface area contributed by atoms with Crippen LogP contribution in [-0.2, 0) is 4.79 Å². The minimum Gasteiger partial charge on any atom is -0.472 e. The van der Waals surface area contributed by atoms with Crippen molar-refractivity contribution in [3.63, 3.8) is 0 Å². The van der Waals surface area contributed by atoms with E-state index in [4.69, 9.17) is 5.11 Å². The average molecular weight is 162 g/mol. The molecule has 1 N–H and O–H groups in total. The molecule has 0 amide bonds. The van der Waals surface area contributed by atoms with Crippen molar-refractivity contribution in [2.24, 2.45) is 0 Å². The van der Waals surface area contributed by atoms with Gasteiger partial charge in [0.15, 0.2) is 0 Å². The number of aliphatic carboxylic acids is 1. The smallest absolute Gasteiger partial charge is 0.382 e. The van der Waals surface area contributed by atoms with Crippen molar-refractivity contribution in [3.05, 3.63) is 23.8 Å². The molecule has 0 fully saturated rings. The zero-order valence-electron chi connectivity index (χ0n) is 6.40. The summed E-state index contributed by atoms with van der Waals surface area (Å²) in [5.74, 6) is 3.30. The lowest BCUT2D eigenvalue weighted by Crippen LogP contribution is -1.92. The highest BCUT2D eigenvalue weighted by atomic mass is 16.4. The third kappa shape index (κ3) is 2.39. The molecule has 60 valence electrons. The monoisotopic (exact) mass is 162 g/mol. The lowest BCUT2D eigenvalue weighted by molar-refractivity contribution is -0.130. The molecule has 0 unspecified atom stereocenters. The van der Waals surface area contributed by atoms with Gasteiger partial charge in [-0.15, -0.1) is 0 Å². The second kappa shape index (κ2) is 3.49. The summed E-state index contributed by atoms with van der Waals surface area (Å²) in [7, 11) is 0. The Bertz CT molecular complexity index is 363. The van der Waals surface area contributed by atoms with Crippen LogP contribution in [0.2, 0.25) is 0 Å². The molecule has 4 nitrogen and oxygen atoms in total. The van der Waals surface area contributed by atoms with Gasteiger partial charge in [0.05, 0.1) is 0 Å². The van der Waals surface area contributed by atoms with Crippen LogP contribution in [0.1, 0.15) is 11.5 Å². The maximum absolute atomic E-state index is 10.0. The van der Waals surface area contributed by atoms with Crippen LogP contribution < -0.4 is 0 Å². The lowest BCUT2D eigenvalue weighted by Gasteiger charge is -1.89. The summed E-state index contributed by atoms with van der Waals surface area (Å²) in [5.41, 5.74) is 0.764. The van der Waals surface area contributed by atoms with Gasteiger partial charge in [-0.05, 0) is 18.9 Å². The Labute approximate surface area is 69.3 Å². The molecule has 1 heterocycles. The van der Waals surface area contributed by atoms with Gasteiger partial charge in [0.25, 0.3) is 0 Å².